The maximum atomic E-state index is 9.01. The van der Waals surface area contributed by atoms with Crippen molar-refractivity contribution in [3.8, 4) is 11.8 Å². The zero-order chi connectivity index (χ0) is 15.2. The molecule has 0 amide bonds. The summed E-state index contributed by atoms with van der Waals surface area (Å²) in [5.74, 6) is 0.638. The van der Waals surface area contributed by atoms with E-state index in [-0.39, 0.29) is 0 Å². The van der Waals surface area contributed by atoms with Gasteiger partial charge >= 0.3 is 0 Å². The van der Waals surface area contributed by atoms with Gasteiger partial charge in [0.25, 0.3) is 0 Å². The van der Waals surface area contributed by atoms with Gasteiger partial charge in [0.15, 0.2) is 0 Å². The number of benzene rings is 2. The SMILES string of the molecule is COc1cc(CN(C)Cc2ccccc2C)ccc1C#N. The molecule has 0 atom stereocenters. The fraction of sp³-hybridized carbons (Fsp3) is 0.278. The molecular formula is C18H20N2O. The van der Waals surface area contributed by atoms with E-state index in [1.165, 1.54) is 11.1 Å². The Morgan fingerprint density at radius 1 is 1.14 bits per heavy atom. The van der Waals surface area contributed by atoms with Gasteiger partial charge in [0.1, 0.15) is 11.8 Å². The average Bonchev–Trinajstić information content (AvgIpc) is 2.49. The summed E-state index contributed by atoms with van der Waals surface area (Å²) in [4.78, 5) is 2.25. The van der Waals surface area contributed by atoms with Gasteiger partial charge in [0.2, 0.25) is 0 Å². The van der Waals surface area contributed by atoms with Crippen molar-refractivity contribution in [3.63, 3.8) is 0 Å². The molecule has 0 saturated heterocycles. The second kappa shape index (κ2) is 6.92. The lowest BCUT2D eigenvalue weighted by Gasteiger charge is -2.18. The Kier molecular flexibility index (Phi) is 4.97. The summed E-state index contributed by atoms with van der Waals surface area (Å²) in [6.07, 6.45) is 0. The molecule has 3 nitrogen and oxygen atoms in total. The number of aryl methyl sites for hydroxylation is 1. The summed E-state index contributed by atoms with van der Waals surface area (Å²) in [5.41, 5.74) is 4.35. The maximum Gasteiger partial charge on any atom is 0.136 e. The molecule has 2 rings (SSSR count). The van der Waals surface area contributed by atoms with Gasteiger partial charge in [0.05, 0.1) is 12.7 Å². The van der Waals surface area contributed by atoms with Gasteiger partial charge in [-0.2, -0.15) is 5.26 Å². The highest BCUT2D eigenvalue weighted by Crippen LogP contribution is 2.20. The van der Waals surface area contributed by atoms with Crippen LogP contribution >= 0.6 is 0 Å². The fourth-order valence-electron chi connectivity index (χ4n) is 2.37. The molecule has 0 spiro atoms. The number of methoxy groups -OCH3 is 1. The minimum Gasteiger partial charge on any atom is -0.495 e. The largest absolute Gasteiger partial charge is 0.495 e. The van der Waals surface area contributed by atoms with E-state index >= 15 is 0 Å². The third kappa shape index (κ3) is 3.84. The molecular weight excluding hydrogens is 260 g/mol. The quantitative estimate of drug-likeness (QED) is 0.841. The zero-order valence-corrected chi connectivity index (χ0v) is 12.8. The fourth-order valence-corrected chi connectivity index (χ4v) is 2.37. The number of nitriles is 1. The van der Waals surface area contributed by atoms with Crippen LogP contribution in [-0.2, 0) is 13.1 Å². The van der Waals surface area contributed by atoms with Crippen LogP contribution in [0.15, 0.2) is 42.5 Å². The molecule has 0 heterocycles. The van der Waals surface area contributed by atoms with Gasteiger partial charge in [-0.3, -0.25) is 4.90 Å². The van der Waals surface area contributed by atoms with Gasteiger partial charge in [-0.1, -0.05) is 30.3 Å². The molecule has 0 aliphatic rings. The summed E-state index contributed by atoms with van der Waals surface area (Å²) in [5, 5.41) is 9.01. The van der Waals surface area contributed by atoms with E-state index in [9.17, 15) is 0 Å². The van der Waals surface area contributed by atoms with E-state index in [4.69, 9.17) is 10.00 Å². The van der Waals surface area contributed by atoms with Gasteiger partial charge in [-0.15, -0.1) is 0 Å². The number of ether oxygens (including phenoxy) is 1. The molecule has 0 aliphatic carbocycles. The first-order valence-corrected chi connectivity index (χ1v) is 6.94. The highest BCUT2D eigenvalue weighted by molar-refractivity contribution is 5.45. The Morgan fingerprint density at radius 2 is 1.90 bits per heavy atom. The van der Waals surface area contributed by atoms with Crippen LogP contribution in [-0.4, -0.2) is 19.1 Å². The summed E-state index contributed by atoms with van der Waals surface area (Å²) in [6, 6.07) is 16.3. The van der Waals surface area contributed by atoms with Crippen LogP contribution in [0.25, 0.3) is 0 Å². The lowest BCUT2D eigenvalue weighted by Crippen LogP contribution is -2.17. The second-order valence-electron chi connectivity index (χ2n) is 5.25. The third-order valence-electron chi connectivity index (χ3n) is 3.54. The smallest absolute Gasteiger partial charge is 0.136 e. The van der Waals surface area contributed by atoms with Gasteiger partial charge in [-0.25, -0.2) is 0 Å². The summed E-state index contributed by atoms with van der Waals surface area (Å²) >= 11 is 0. The van der Waals surface area contributed by atoms with Crippen LogP contribution < -0.4 is 4.74 Å². The second-order valence-corrected chi connectivity index (χ2v) is 5.25. The molecule has 3 heteroatoms. The van der Waals surface area contributed by atoms with Crippen LogP contribution in [0.3, 0.4) is 0 Å². The molecule has 2 aromatic rings. The first-order chi connectivity index (χ1) is 10.1. The molecule has 0 unspecified atom stereocenters. The van der Waals surface area contributed by atoms with Crippen molar-refractivity contribution in [1.82, 2.24) is 4.90 Å². The first kappa shape index (κ1) is 15.1. The standard InChI is InChI=1S/C18H20N2O/c1-14-6-4-5-7-17(14)13-20(2)12-15-8-9-16(11-19)18(10-15)21-3/h4-10H,12-13H2,1-3H3. The Hall–Kier alpha value is -2.31. The normalized spacial score (nSPS) is 10.4. The van der Waals surface area contributed by atoms with Crippen molar-refractivity contribution in [2.24, 2.45) is 0 Å². The molecule has 0 bridgehead atoms. The molecule has 21 heavy (non-hydrogen) atoms. The summed E-state index contributed by atoms with van der Waals surface area (Å²) < 4.78 is 5.25. The van der Waals surface area contributed by atoms with Gasteiger partial charge in [0, 0.05) is 13.1 Å². The third-order valence-corrected chi connectivity index (χ3v) is 3.54. The number of rotatable bonds is 5. The number of hydrogen-bond acceptors (Lipinski definition) is 3. The van der Waals surface area contributed by atoms with Crippen LogP contribution in [0.1, 0.15) is 22.3 Å². The van der Waals surface area contributed by atoms with E-state index in [1.807, 2.05) is 18.2 Å². The lowest BCUT2D eigenvalue weighted by molar-refractivity contribution is 0.317. The predicted octanol–water partition coefficient (Wildman–Crippen LogP) is 3.51. The van der Waals surface area contributed by atoms with Crippen molar-refractivity contribution in [2.75, 3.05) is 14.2 Å². The van der Waals surface area contributed by atoms with Gasteiger partial charge in [-0.05, 0) is 42.8 Å². The molecule has 0 aliphatic heterocycles. The topological polar surface area (TPSA) is 36.3 Å². The molecule has 2 aromatic carbocycles. The van der Waals surface area contributed by atoms with Crippen molar-refractivity contribution in [2.45, 2.75) is 20.0 Å². The lowest BCUT2D eigenvalue weighted by atomic mass is 10.1. The van der Waals surface area contributed by atoms with E-state index in [1.54, 1.807) is 7.11 Å². The maximum absolute atomic E-state index is 9.01. The Balaban J connectivity index is 2.08. The van der Waals surface area contributed by atoms with E-state index in [0.29, 0.717) is 11.3 Å². The molecule has 0 saturated carbocycles. The van der Waals surface area contributed by atoms with E-state index in [0.717, 1.165) is 18.7 Å². The molecule has 0 aromatic heterocycles. The summed E-state index contributed by atoms with van der Waals surface area (Å²) in [7, 11) is 3.69. The minimum atomic E-state index is 0.572. The highest BCUT2D eigenvalue weighted by atomic mass is 16.5. The van der Waals surface area contributed by atoms with E-state index < -0.39 is 0 Å². The molecule has 0 fully saturated rings. The van der Waals surface area contributed by atoms with Crippen LogP contribution in [0.5, 0.6) is 5.75 Å². The van der Waals surface area contributed by atoms with Crippen LogP contribution in [0, 0.1) is 18.3 Å². The van der Waals surface area contributed by atoms with E-state index in [2.05, 4.69) is 49.2 Å². The summed E-state index contributed by atoms with van der Waals surface area (Å²) in [6.45, 7) is 3.85. The van der Waals surface area contributed by atoms with Crippen molar-refractivity contribution in [3.05, 3.63) is 64.7 Å². The monoisotopic (exact) mass is 280 g/mol. The van der Waals surface area contributed by atoms with Crippen molar-refractivity contribution < 1.29 is 4.74 Å². The zero-order valence-electron chi connectivity index (χ0n) is 12.8. The minimum absolute atomic E-state index is 0.572. The number of nitrogens with zero attached hydrogens (tertiary/aromatic N) is 2. The average molecular weight is 280 g/mol. The van der Waals surface area contributed by atoms with Crippen LogP contribution in [0.4, 0.5) is 0 Å². The Bertz CT molecular complexity index is 659. The molecule has 0 N–H and O–H groups in total. The Labute approximate surface area is 126 Å². The number of hydrogen-bond donors (Lipinski definition) is 0. The highest BCUT2D eigenvalue weighted by Gasteiger charge is 2.07. The molecule has 108 valence electrons. The first-order valence-electron chi connectivity index (χ1n) is 6.94. The molecule has 0 radical (unpaired) electrons. The Morgan fingerprint density at radius 3 is 2.57 bits per heavy atom. The van der Waals surface area contributed by atoms with Gasteiger partial charge < -0.3 is 4.74 Å². The van der Waals surface area contributed by atoms with Crippen molar-refractivity contribution in [1.29, 1.82) is 5.26 Å². The predicted molar refractivity (Wildman–Crippen MR) is 84.1 cm³/mol. The van der Waals surface area contributed by atoms with Crippen molar-refractivity contribution >= 4 is 0 Å². The van der Waals surface area contributed by atoms with Crippen LogP contribution in [0.2, 0.25) is 0 Å².